The van der Waals surface area contributed by atoms with Crippen LogP contribution in [-0.2, 0) is 0 Å². The Morgan fingerprint density at radius 3 is 2.52 bits per heavy atom. The van der Waals surface area contributed by atoms with Gasteiger partial charge >= 0.3 is 0 Å². The summed E-state index contributed by atoms with van der Waals surface area (Å²) >= 11 is 0. The van der Waals surface area contributed by atoms with Gasteiger partial charge in [-0.3, -0.25) is 0 Å². The van der Waals surface area contributed by atoms with Crippen molar-refractivity contribution in [1.82, 2.24) is 0 Å². The minimum atomic E-state index is -1.01. The van der Waals surface area contributed by atoms with Gasteiger partial charge in [-0.05, 0) is 38.3 Å². The zero-order chi connectivity index (χ0) is 16.0. The van der Waals surface area contributed by atoms with Crippen molar-refractivity contribution in [2.24, 2.45) is 11.7 Å². The quantitative estimate of drug-likeness (QED) is 0.772. The molecule has 0 spiro atoms. The van der Waals surface area contributed by atoms with Crippen LogP contribution in [0.15, 0.2) is 18.2 Å². The fraction of sp³-hybridized carbons (Fsp3) is 0.647. The van der Waals surface area contributed by atoms with Crippen molar-refractivity contribution < 1.29 is 14.6 Å². The molecule has 0 saturated heterocycles. The summed E-state index contributed by atoms with van der Waals surface area (Å²) in [5, 5.41) is 10.1. The highest BCUT2D eigenvalue weighted by Crippen LogP contribution is 2.33. The lowest BCUT2D eigenvalue weighted by molar-refractivity contribution is 0.0508. The molecule has 0 aromatic heterocycles. The number of hydrogen-bond acceptors (Lipinski definition) is 4. The van der Waals surface area contributed by atoms with Gasteiger partial charge in [0.15, 0.2) is 0 Å². The first kappa shape index (κ1) is 17.8. The van der Waals surface area contributed by atoms with Crippen molar-refractivity contribution in [3.8, 4) is 11.5 Å². The van der Waals surface area contributed by atoms with Gasteiger partial charge < -0.3 is 20.3 Å². The Kier molecular flexibility index (Phi) is 6.49. The van der Waals surface area contributed by atoms with Crippen molar-refractivity contribution >= 4 is 0 Å². The number of rotatable bonds is 8. The summed E-state index contributed by atoms with van der Waals surface area (Å²) in [6.07, 6.45) is 2.31. The molecular formula is C17H29NO3. The van der Waals surface area contributed by atoms with Gasteiger partial charge in [0.1, 0.15) is 11.5 Å². The second kappa shape index (κ2) is 7.66. The molecule has 0 aliphatic carbocycles. The van der Waals surface area contributed by atoms with Crippen LogP contribution in [-0.4, -0.2) is 24.4 Å². The second-order valence-electron chi connectivity index (χ2n) is 6.24. The molecule has 3 N–H and O–H groups in total. The molecule has 21 heavy (non-hydrogen) atoms. The van der Waals surface area contributed by atoms with E-state index in [1.54, 1.807) is 21.0 Å². The number of ether oxygens (including phenoxy) is 2. The largest absolute Gasteiger partial charge is 0.496 e. The Balaban J connectivity index is 2.84. The maximum absolute atomic E-state index is 10.1. The standard InChI is InChI=1S/C17H29NO3/c1-6-7-12(2)11-21-13-8-9-14(15(10-13)20-5)16(18)17(3,4)19/h8-10,12,16,19H,6-7,11,18H2,1-5H3/t12?,16-/m1/s1. The lowest BCUT2D eigenvalue weighted by Crippen LogP contribution is -2.35. The average Bonchev–Trinajstić information content (AvgIpc) is 2.43. The van der Waals surface area contributed by atoms with Crippen LogP contribution in [0.4, 0.5) is 0 Å². The molecule has 0 fully saturated rings. The minimum absolute atomic E-state index is 0.513. The summed E-state index contributed by atoms with van der Waals surface area (Å²) < 4.78 is 11.2. The zero-order valence-electron chi connectivity index (χ0n) is 13.8. The van der Waals surface area contributed by atoms with Gasteiger partial charge in [0.05, 0.1) is 25.4 Å². The Morgan fingerprint density at radius 1 is 1.33 bits per heavy atom. The molecule has 4 heteroatoms. The summed E-state index contributed by atoms with van der Waals surface area (Å²) in [5.74, 6) is 1.94. The van der Waals surface area contributed by atoms with Gasteiger partial charge in [0, 0.05) is 11.6 Å². The second-order valence-corrected chi connectivity index (χ2v) is 6.24. The van der Waals surface area contributed by atoms with Crippen molar-refractivity contribution in [3.05, 3.63) is 23.8 Å². The van der Waals surface area contributed by atoms with Crippen molar-refractivity contribution in [3.63, 3.8) is 0 Å². The molecule has 0 amide bonds. The van der Waals surface area contributed by atoms with Crippen LogP contribution < -0.4 is 15.2 Å². The van der Waals surface area contributed by atoms with E-state index in [9.17, 15) is 5.11 Å². The molecule has 0 aliphatic rings. The maximum atomic E-state index is 10.1. The Bertz CT molecular complexity index is 440. The van der Waals surface area contributed by atoms with Gasteiger partial charge in [-0.25, -0.2) is 0 Å². The molecule has 1 aromatic carbocycles. The highest BCUT2D eigenvalue weighted by Gasteiger charge is 2.27. The summed E-state index contributed by atoms with van der Waals surface area (Å²) in [5.41, 5.74) is 5.86. The first-order chi connectivity index (χ1) is 9.79. The molecule has 120 valence electrons. The third-order valence-electron chi connectivity index (χ3n) is 3.62. The maximum Gasteiger partial charge on any atom is 0.127 e. The molecule has 0 aliphatic heterocycles. The van der Waals surface area contributed by atoms with Crippen LogP contribution in [0.1, 0.15) is 52.1 Å². The average molecular weight is 295 g/mol. The summed E-state index contributed by atoms with van der Waals surface area (Å²) in [7, 11) is 1.60. The van der Waals surface area contributed by atoms with Crippen molar-refractivity contribution in [2.75, 3.05) is 13.7 Å². The van der Waals surface area contributed by atoms with Gasteiger partial charge in [-0.1, -0.05) is 20.3 Å². The summed E-state index contributed by atoms with van der Waals surface area (Å²) in [6.45, 7) is 8.42. The van der Waals surface area contributed by atoms with Gasteiger partial charge in [-0.15, -0.1) is 0 Å². The number of methoxy groups -OCH3 is 1. The topological polar surface area (TPSA) is 64.7 Å². The number of nitrogens with two attached hydrogens (primary N) is 1. The van der Waals surface area contributed by atoms with Gasteiger partial charge in [0.2, 0.25) is 0 Å². The zero-order valence-corrected chi connectivity index (χ0v) is 13.8. The number of hydrogen-bond donors (Lipinski definition) is 2. The van der Waals surface area contributed by atoms with E-state index < -0.39 is 11.6 Å². The Labute approximate surface area is 128 Å². The first-order valence-electron chi connectivity index (χ1n) is 7.58. The monoisotopic (exact) mass is 295 g/mol. The van der Waals surface area contributed by atoms with Crippen molar-refractivity contribution in [1.29, 1.82) is 0 Å². The van der Waals surface area contributed by atoms with E-state index >= 15 is 0 Å². The van der Waals surface area contributed by atoms with Gasteiger partial charge in [0.25, 0.3) is 0 Å². The molecule has 0 saturated carbocycles. The fourth-order valence-electron chi connectivity index (χ4n) is 2.23. The molecule has 1 aromatic rings. The molecule has 0 bridgehead atoms. The third-order valence-corrected chi connectivity index (χ3v) is 3.62. The molecule has 1 unspecified atom stereocenters. The number of aliphatic hydroxyl groups is 1. The fourth-order valence-corrected chi connectivity index (χ4v) is 2.23. The van der Waals surface area contributed by atoms with Crippen molar-refractivity contribution in [2.45, 2.75) is 52.2 Å². The van der Waals surface area contributed by atoms with Crippen LogP contribution in [0.3, 0.4) is 0 Å². The smallest absolute Gasteiger partial charge is 0.127 e. The summed E-state index contributed by atoms with van der Waals surface area (Å²) in [6, 6.07) is 5.06. The Hall–Kier alpha value is -1.26. The normalized spacial score (nSPS) is 14.6. The minimum Gasteiger partial charge on any atom is -0.496 e. The van der Waals surface area contributed by atoms with E-state index in [-0.39, 0.29) is 0 Å². The van der Waals surface area contributed by atoms with Crippen LogP contribution in [0, 0.1) is 5.92 Å². The van der Waals surface area contributed by atoms with E-state index in [0.717, 1.165) is 24.2 Å². The Morgan fingerprint density at radius 2 is 2.00 bits per heavy atom. The number of benzene rings is 1. The molecule has 0 radical (unpaired) electrons. The lowest BCUT2D eigenvalue weighted by Gasteiger charge is -2.27. The first-order valence-corrected chi connectivity index (χ1v) is 7.58. The molecular weight excluding hydrogens is 266 g/mol. The highest BCUT2D eigenvalue weighted by molar-refractivity contribution is 5.43. The van der Waals surface area contributed by atoms with Crippen LogP contribution in [0.5, 0.6) is 11.5 Å². The predicted octanol–water partition coefficient (Wildman–Crippen LogP) is 3.28. The molecule has 1 rings (SSSR count). The van der Waals surface area contributed by atoms with E-state index in [1.807, 2.05) is 18.2 Å². The predicted molar refractivity (Wildman–Crippen MR) is 85.8 cm³/mol. The summed E-state index contributed by atoms with van der Waals surface area (Å²) in [4.78, 5) is 0. The van der Waals surface area contributed by atoms with E-state index in [2.05, 4.69) is 13.8 Å². The van der Waals surface area contributed by atoms with E-state index in [4.69, 9.17) is 15.2 Å². The van der Waals surface area contributed by atoms with E-state index in [1.165, 1.54) is 0 Å². The SMILES string of the molecule is CCCC(C)COc1ccc([C@@H](N)C(C)(C)O)c(OC)c1. The van der Waals surface area contributed by atoms with Crippen LogP contribution in [0.2, 0.25) is 0 Å². The lowest BCUT2D eigenvalue weighted by atomic mass is 9.92. The molecule has 0 heterocycles. The van der Waals surface area contributed by atoms with Crippen LogP contribution in [0.25, 0.3) is 0 Å². The van der Waals surface area contributed by atoms with Gasteiger partial charge in [-0.2, -0.15) is 0 Å². The molecule has 4 nitrogen and oxygen atoms in total. The third kappa shape index (κ3) is 5.21. The van der Waals surface area contributed by atoms with E-state index in [0.29, 0.717) is 18.3 Å². The molecule has 2 atom stereocenters. The highest BCUT2D eigenvalue weighted by atomic mass is 16.5. The van der Waals surface area contributed by atoms with Crippen LogP contribution >= 0.6 is 0 Å².